The van der Waals surface area contributed by atoms with Crippen molar-refractivity contribution in [2.24, 2.45) is 5.92 Å². The second-order valence-electron chi connectivity index (χ2n) is 5.92. The Kier molecular flexibility index (Phi) is 3.79. The van der Waals surface area contributed by atoms with E-state index in [1.165, 1.54) is 0 Å². The molecule has 0 unspecified atom stereocenters. The number of aromatic nitrogens is 5. The molecule has 116 valence electrons. The number of aryl methyl sites for hydroxylation is 1. The van der Waals surface area contributed by atoms with Gasteiger partial charge in [-0.1, -0.05) is 19.0 Å². The minimum atomic E-state index is 0.553. The predicted molar refractivity (Wildman–Crippen MR) is 82.6 cm³/mol. The van der Waals surface area contributed by atoms with Gasteiger partial charge in [0.25, 0.3) is 0 Å². The zero-order chi connectivity index (χ0) is 15.7. The molecule has 22 heavy (non-hydrogen) atoms. The molecule has 0 saturated carbocycles. The average molecular weight is 300 g/mol. The van der Waals surface area contributed by atoms with Gasteiger partial charge in [-0.25, -0.2) is 0 Å². The van der Waals surface area contributed by atoms with Crippen molar-refractivity contribution < 1.29 is 4.52 Å². The fourth-order valence-electron chi connectivity index (χ4n) is 2.39. The van der Waals surface area contributed by atoms with Gasteiger partial charge < -0.3 is 9.84 Å². The maximum atomic E-state index is 5.38. The van der Waals surface area contributed by atoms with Crippen LogP contribution in [0, 0.1) is 19.8 Å². The number of anilines is 1. The third-order valence-corrected chi connectivity index (χ3v) is 3.59. The Morgan fingerprint density at radius 1 is 1.32 bits per heavy atom. The zero-order valence-corrected chi connectivity index (χ0v) is 13.3. The molecular formula is C15H20N6O. The molecule has 7 nitrogen and oxygen atoms in total. The van der Waals surface area contributed by atoms with Gasteiger partial charge in [0, 0.05) is 6.07 Å². The van der Waals surface area contributed by atoms with Crippen LogP contribution < -0.4 is 5.32 Å². The summed E-state index contributed by atoms with van der Waals surface area (Å²) in [6, 6.07) is 2.00. The van der Waals surface area contributed by atoms with E-state index in [0.717, 1.165) is 34.8 Å². The summed E-state index contributed by atoms with van der Waals surface area (Å²) in [7, 11) is 0. The Labute approximate surface area is 128 Å². The first kappa shape index (κ1) is 14.5. The smallest absolute Gasteiger partial charge is 0.200 e. The van der Waals surface area contributed by atoms with Gasteiger partial charge in [0.15, 0.2) is 5.76 Å². The van der Waals surface area contributed by atoms with E-state index in [4.69, 9.17) is 4.52 Å². The van der Waals surface area contributed by atoms with Gasteiger partial charge in [-0.05, 0) is 31.7 Å². The van der Waals surface area contributed by atoms with Crippen LogP contribution in [0.5, 0.6) is 0 Å². The van der Waals surface area contributed by atoms with E-state index in [9.17, 15) is 0 Å². The number of nitrogens with one attached hydrogen (secondary N) is 1. The summed E-state index contributed by atoms with van der Waals surface area (Å²) < 4.78 is 7.06. The van der Waals surface area contributed by atoms with Crippen LogP contribution in [0.15, 0.2) is 16.9 Å². The predicted octanol–water partition coefficient (Wildman–Crippen LogP) is 2.54. The van der Waals surface area contributed by atoms with E-state index < -0.39 is 0 Å². The quantitative estimate of drug-likeness (QED) is 0.780. The summed E-state index contributed by atoms with van der Waals surface area (Å²) in [6.07, 6.45) is 2.52. The molecule has 0 fully saturated rings. The molecule has 0 radical (unpaired) electrons. The lowest BCUT2D eigenvalue weighted by Gasteiger charge is -2.10. The Morgan fingerprint density at radius 3 is 2.91 bits per heavy atom. The van der Waals surface area contributed by atoms with Crippen LogP contribution in [-0.4, -0.2) is 25.0 Å². The molecule has 3 heterocycles. The molecule has 3 aromatic rings. The molecule has 0 saturated heterocycles. The van der Waals surface area contributed by atoms with Gasteiger partial charge in [0.05, 0.1) is 23.6 Å². The van der Waals surface area contributed by atoms with Crippen molar-refractivity contribution in [1.29, 1.82) is 0 Å². The van der Waals surface area contributed by atoms with Crippen molar-refractivity contribution >= 4 is 11.3 Å². The minimum Gasteiger partial charge on any atom is -0.374 e. The van der Waals surface area contributed by atoms with Crippen molar-refractivity contribution in [1.82, 2.24) is 25.0 Å². The molecule has 0 aliphatic heterocycles. The van der Waals surface area contributed by atoms with Crippen molar-refractivity contribution in [3.8, 4) is 0 Å². The first-order valence-corrected chi connectivity index (χ1v) is 7.40. The van der Waals surface area contributed by atoms with Gasteiger partial charge in [0.1, 0.15) is 6.33 Å². The van der Waals surface area contributed by atoms with Crippen LogP contribution in [0.1, 0.15) is 36.6 Å². The van der Waals surface area contributed by atoms with E-state index in [1.807, 2.05) is 19.9 Å². The molecule has 7 heteroatoms. The molecule has 0 aliphatic carbocycles. The summed E-state index contributed by atoms with van der Waals surface area (Å²) in [5, 5.41) is 19.9. The number of hydrogen-bond acceptors (Lipinski definition) is 6. The summed E-state index contributed by atoms with van der Waals surface area (Å²) in [4.78, 5) is 0. The Morgan fingerprint density at radius 2 is 2.14 bits per heavy atom. The lowest BCUT2D eigenvalue weighted by molar-refractivity contribution is 0.378. The minimum absolute atomic E-state index is 0.553. The fourth-order valence-corrected chi connectivity index (χ4v) is 2.39. The maximum Gasteiger partial charge on any atom is 0.200 e. The van der Waals surface area contributed by atoms with Crippen molar-refractivity contribution in [3.63, 3.8) is 0 Å². The SMILES string of the molecule is Cc1nn2cnnc2c(NCc2cc(CC(C)C)no2)c1C. The molecule has 0 atom stereocenters. The highest BCUT2D eigenvalue weighted by Gasteiger charge is 2.12. The van der Waals surface area contributed by atoms with E-state index >= 15 is 0 Å². The lowest BCUT2D eigenvalue weighted by atomic mass is 10.1. The largest absolute Gasteiger partial charge is 0.374 e. The number of nitrogens with zero attached hydrogens (tertiary/aromatic N) is 5. The summed E-state index contributed by atoms with van der Waals surface area (Å²) >= 11 is 0. The third kappa shape index (κ3) is 2.79. The van der Waals surface area contributed by atoms with Crippen LogP contribution >= 0.6 is 0 Å². The number of fused-ring (bicyclic) bond motifs is 1. The van der Waals surface area contributed by atoms with Crippen LogP contribution in [0.2, 0.25) is 0 Å². The highest BCUT2D eigenvalue weighted by molar-refractivity contribution is 5.71. The first-order chi connectivity index (χ1) is 10.5. The van der Waals surface area contributed by atoms with E-state index in [0.29, 0.717) is 18.1 Å². The second kappa shape index (κ2) is 5.75. The standard InChI is InChI=1S/C15H20N6O/c1-9(2)5-12-6-13(22-20-12)7-16-14-10(3)11(4)19-21-8-17-18-15(14)21/h6,8-9,16H,5,7H2,1-4H3. The number of hydrogen-bond donors (Lipinski definition) is 1. The van der Waals surface area contributed by atoms with Crippen LogP contribution in [0.25, 0.3) is 5.65 Å². The average Bonchev–Trinajstić information content (AvgIpc) is 3.08. The van der Waals surface area contributed by atoms with Crippen LogP contribution in [0.4, 0.5) is 5.69 Å². The van der Waals surface area contributed by atoms with Gasteiger partial charge >= 0.3 is 0 Å². The van der Waals surface area contributed by atoms with Gasteiger partial charge in [-0.3, -0.25) is 0 Å². The molecule has 3 aromatic heterocycles. The van der Waals surface area contributed by atoms with Crippen molar-refractivity contribution in [2.45, 2.75) is 40.7 Å². The van der Waals surface area contributed by atoms with Crippen LogP contribution in [0.3, 0.4) is 0 Å². The van der Waals surface area contributed by atoms with Gasteiger partial charge in [0.2, 0.25) is 5.65 Å². The summed E-state index contributed by atoms with van der Waals surface area (Å²) in [5.74, 6) is 1.37. The summed E-state index contributed by atoms with van der Waals surface area (Å²) in [6.45, 7) is 8.87. The molecule has 0 aliphatic rings. The molecule has 0 bridgehead atoms. The molecular weight excluding hydrogens is 280 g/mol. The van der Waals surface area contributed by atoms with Crippen LogP contribution in [-0.2, 0) is 13.0 Å². The molecule has 1 N–H and O–H groups in total. The Bertz CT molecular complexity index is 789. The molecule has 3 rings (SSSR count). The maximum absolute atomic E-state index is 5.38. The summed E-state index contributed by atoms with van der Waals surface area (Å²) in [5.41, 5.74) is 4.62. The first-order valence-electron chi connectivity index (χ1n) is 7.40. The number of rotatable bonds is 5. The van der Waals surface area contributed by atoms with Gasteiger partial charge in [-0.2, -0.15) is 9.61 Å². The normalized spacial score (nSPS) is 11.5. The highest BCUT2D eigenvalue weighted by atomic mass is 16.5. The van der Waals surface area contributed by atoms with E-state index in [1.54, 1.807) is 10.8 Å². The second-order valence-corrected chi connectivity index (χ2v) is 5.92. The Balaban J connectivity index is 1.80. The zero-order valence-electron chi connectivity index (χ0n) is 13.3. The topological polar surface area (TPSA) is 81.1 Å². The van der Waals surface area contributed by atoms with E-state index in [2.05, 4.69) is 39.6 Å². The fraction of sp³-hybridized carbons (Fsp3) is 0.467. The van der Waals surface area contributed by atoms with Crippen molar-refractivity contribution in [3.05, 3.63) is 35.1 Å². The Hall–Kier alpha value is -2.44. The third-order valence-electron chi connectivity index (χ3n) is 3.59. The monoisotopic (exact) mass is 300 g/mol. The van der Waals surface area contributed by atoms with Gasteiger partial charge in [-0.15, -0.1) is 10.2 Å². The van der Waals surface area contributed by atoms with E-state index in [-0.39, 0.29) is 0 Å². The highest BCUT2D eigenvalue weighted by Crippen LogP contribution is 2.22. The lowest BCUT2D eigenvalue weighted by Crippen LogP contribution is -2.06. The molecule has 0 spiro atoms. The van der Waals surface area contributed by atoms with Crippen molar-refractivity contribution in [2.75, 3.05) is 5.32 Å². The molecule has 0 amide bonds. The molecule has 0 aromatic carbocycles.